The molecule has 0 bridgehead atoms. The zero-order chi connectivity index (χ0) is 22.0. The Morgan fingerprint density at radius 2 is 1.74 bits per heavy atom. The third-order valence-corrected chi connectivity index (χ3v) is 6.94. The number of aromatic nitrogens is 1. The van der Waals surface area contributed by atoms with Gasteiger partial charge in [-0.3, -0.25) is 9.59 Å². The monoisotopic (exact) mass is 421 g/mol. The van der Waals surface area contributed by atoms with Crippen LogP contribution >= 0.6 is 0 Å². The number of nitrogens with one attached hydrogen (secondary N) is 1. The highest BCUT2D eigenvalue weighted by atomic mass is 16.2. The third-order valence-electron chi connectivity index (χ3n) is 6.94. The summed E-state index contributed by atoms with van der Waals surface area (Å²) < 4.78 is 2.05. The maximum atomic E-state index is 13.6. The van der Waals surface area contributed by atoms with Crippen LogP contribution in [0.1, 0.15) is 69.8 Å². The average Bonchev–Trinajstić information content (AvgIpc) is 3.18. The molecule has 5 nitrogen and oxygen atoms in total. The Labute approximate surface area is 185 Å². The summed E-state index contributed by atoms with van der Waals surface area (Å²) in [5.74, 6) is 0.400. The first kappa shape index (κ1) is 21.7. The van der Waals surface area contributed by atoms with Crippen molar-refractivity contribution in [1.29, 1.82) is 0 Å². The summed E-state index contributed by atoms with van der Waals surface area (Å²) >= 11 is 0. The lowest BCUT2D eigenvalue weighted by Gasteiger charge is -2.45. The number of hydrogen-bond acceptors (Lipinski definition) is 2. The molecule has 1 saturated carbocycles. The zero-order valence-electron chi connectivity index (χ0n) is 19.1. The molecule has 2 amide bonds. The number of amides is 2. The normalized spacial score (nSPS) is 21.9. The van der Waals surface area contributed by atoms with Crippen molar-refractivity contribution in [1.82, 2.24) is 14.8 Å². The quantitative estimate of drug-likeness (QED) is 0.724. The molecule has 1 atom stereocenters. The molecule has 5 heteroatoms. The SMILES string of the molecule is CC(C)CCN1C(=O)c2ccc(-c3ccccc3)n2CC1(C)C(=O)NC1CCCCC1. The highest BCUT2D eigenvalue weighted by Crippen LogP contribution is 2.34. The maximum absolute atomic E-state index is 13.6. The Morgan fingerprint density at radius 3 is 2.42 bits per heavy atom. The Bertz CT molecular complexity index is 927. The van der Waals surface area contributed by atoms with Crippen LogP contribution < -0.4 is 5.32 Å². The molecular weight excluding hydrogens is 386 g/mol. The summed E-state index contributed by atoms with van der Waals surface area (Å²) in [4.78, 5) is 29.1. The fourth-order valence-corrected chi connectivity index (χ4v) is 4.96. The van der Waals surface area contributed by atoms with Crippen molar-refractivity contribution in [3.8, 4) is 11.3 Å². The van der Waals surface area contributed by atoms with E-state index in [1.807, 2.05) is 46.7 Å². The average molecular weight is 422 g/mol. The minimum Gasteiger partial charge on any atom is -0.351 e. The van der Waals surface area contributed by atoms with Crippen LogP contribution in [0.2, 0.25) is 0 Å². The van der Waals surface area contributed by atoms with E-state index in [2.05, 4.69) is 31.3 Å². The van der Waals surface area contributed by atoms with Crippen LogP contribution in [0.5, 0.6) is 0 Å². The van der Waals surface area contributed by atoms with Gasteiger partial charge in [0.25, 0.3) is 5.91 Å². The van der Waals surface area contributed by atoms with E-state index in [9.17, 15) is 9.59 Å². The highest BCUT2D eigenvalue weighted by molar-refractivity contribution is 6.00. The van der Waals surface area contributed by atoms with E-state index in [4.69, 9.17) is 0 Å². The van der Waals surface area contributed by atoms with E-state index in [0.29, 0.717) is 24.7 Å². The summed E-state index contributed by atoms with van der Waals surface area (Å²) in [6.07, 6.45) is 6.52. The van der Waals surface area contributed by atoms with Crippen molar-refractivity contribution in [3.63, 3.8) is 0 Å². The second-order valence-electron chi connectivity index (χ2n) is 9.78. The van der Waals surface area contributed by atoms with Gasteiger partial charge in [0, 0.05) is 18.3 Å². The predicted molar refractivity (Wildman–Crippen MR) is 124 cm³/mol. The van der Waals surface area contributed by atoms with Crippen LogP contribution in [0.15, 0.2) is 42.5 Å². The number of fused-ring (bicyclic) bond motifs is 1. The summed E-state index contributed by atoms with van der Waals surface area (Å²) in [7, 11) is 0. The van der Waals surface area contributed by atoms with Gasteiger partial charge in [0.05, 0.1) is 6.54 Å². The van der Waals surface area contributed by atoms with Crippen LogP contribution in [-0.2, 0) is 11.3 Å². The van der Waals surface area contributed by atoms with Gasteiger partial charge >= 0.3 is 0 Å². The fourth-order valence-electron chi connectivity index (χ4n) is 4.96. The van der Waals surface area contributed by atoms with Gasteiger partial charge in [0.1, 0.15) is 11.2 Å². The van der Waals surface area contributed by atoms with Gasteiger partial charge in [0.2, 0.25) is 5.91 Å². The molecule has 1 aliphatic carbocycles. The molecule has 31 heavy (non-hydrogen) atoms. The predicted octanol–water partition coefficient (Wildman–Crippen LogP) is 4.86. The minimum absolute atomic E-state index is 0.0186. The minimum atomic E-state index is -0.904. The Balaban J connectivity index is 1.69. The molecule has 166 valence electrons. The molecule has 1 aromatic carbocycles. The smallest absolute Gasteiger partial charge is 0.271 e. The van der Waals surface area contributed by atoms with Crippen molar-refractivity contribution in [3.05, 3.63) is 48.2 Å². The number of benzene rings is 1. The van der Waals surface area contributed by atoms with Crippen LogP contribution in [0.25, 0.3) is 11.3 Å². The Kier molecular flexibility index (Phi) is 6.22. The lowest BCUT2D eigenvalue weighted by Crippen LogP contribution is -2.65. The highest BCUT2D eigenvalue weighted by Gasteiger charge is 2.48. The number of nitrogens with zero attached hydrogens (tertiary/aromatic N) is 2. The lowest BCUT2D eigenvalue weighted by atomic mass is 9.91. The fraction of sp³-hybridized carbons (Fsp3) is 0.538. The van der Waals surface area contributed by atoms with Gasteiger partial charge in [-0.25, -0.2) is 0 Å². The first-order valence-electron chi connectivity index (χ1n) is 11.8. The van der Waals surface area contributed by atoms with Gasteiger partial charge in [0.15, 0.2) is 0 Å². The van der Waals surface area contributed by atoms with E-state index in [0.717, 1.165) is 43.4 Å². The third kappa shape index (κ3) is 4.28. The van der Waals surface area contributed by atoms with Gasteiger partial charge in [-0.2, -0.15) is 0 Å². The molecule has 2 aliphatic rings. The van der Waals surface area contributed by atoms with Crippen LogP contribution in [0.4, 0.5) is 0 Å². The van der Waals surface area contributed by atoms with Crippen LogP contribution in [0, 0.1) is 5.92 Å². The van der Waals surface area contributed by atoms with Gasteiger partial charge < -0.3 is 14.8 Å². The number of carbonyl (C=O) groups excluding carboxylic acids is 2. The first-order valence-corrected chi connectivity index (χ1v) is 11.8. The number of rotatable bonds is 6. The van der Waals surface area contributed by atoms with Crippen molar-refractivity contribution in [2.24, 2.45) is 5.92 Å². The Hall–Kier alpha value is -2.56. The van der Waals surface area contributed by atoms with Crippen LogP contribution in [-0.4, -0.2) is 39.4 Å². The molecule has 1 fully saturated rings. The van der Waals surface area contributed by atoms with E-state index >= 15 is 0 Å². The molecule has 1 aliphatic heterocycles. The van der Waals surface area contributed by atoms with Crippen molar-refractivity contribution in [2.45, 2.75) is 77.4 Å². The molecule has 0 radical (unpaired) electrons. The standard InChI is InChI=1S/C26H35N3O2/c1-19(2)16-17-29-24(30)23-15-14-22(20-10-6-4-7-11-20)28(23)18-26(29,3)25(31)27-21-12-8-5-9-13-21/h4,6-7,10-11,14-15,19,21H,5,8-9,12-13,16-18H2,1-3H3,(H,27,31). The maximum Gasteiger partial charge on any atom is 0.271 e. The van der Waals surface area contributed by atoms with Gasteiger partial charge in [-0.1, -0.05) is 63.4 Å². The van der Waals surface area contributed by atoms with E-state index < -0.39 is 5.54 Å². The second kappa shape index (κ2) is 8.89. The molecule has 0 saturated heterocycles. The molecule has 1 unspecified atom stereocenters. The second-order valence-corrected chi connectivity index (χ2v) is 9.78. The van der Waals surface area contributed by atoms with E-state index in [1.165, 1.54) is 6.42 Å². The molecule has 2 aromatic rings. The lowest BCUT2D eigenvalue weighted by molar-refractivity contribution is -0.133. The summed E-state index contributed by atoms with van der Waals surface area (Å²) in [6, 6.07) is 14.2. The van der Waals surface area contributed by atoms with Crippen molar-refractivity contribution < 1.29 is 9.59 Å². The van der Waals surface area contributed by atoms with Gasteiger partial charge in [-0.05, 0) is 49.8 Å². The largest absolute Gasteiger partial charge is 0.351 e. The molecule has 0 spiro atoms. The summed E-state index contributed by atoms with van der Waals surface area (Å²) in [5, 5.41) is 3.30. The van der Waals surface area contributed by atoms with E-state index in [-0.39, 0.29) is 17.9 Å². The van der Waals surface area contributed by atoms with Crippen molar-refractivity contribution in [2.75, 3.05) is 6.54 Å². The Morgan fingerprint density at radius 1 is 1.06 bits per heavy atom. The summed E-state index contributed by atoms with van der Waals surface area (Å²) in [5.41, 5.74) is 1.82. The van der Waals surface area contributed by atoms with Gasteiger partial charge in [-0.15, -0.1) is 0 Å². The van der Waals surface area contributed by atoms with E-state index in [1.54, 1.807) is 0 Å². The van der Waals surface area contributed by atoms with Crippen molar-refractivity contribution >= 4 is 11.8 Å². The molecule has 1 N–H and O–H groups in total. The molecule has 1 aromatic heterocycles. The number of hydrogen-bond donors (Lipinski definition) is 1. The molecular formula is C26H35N3O2. The molecule has 2 heterocycles. The molecule has 4 rings (SSSR count). The topological polar surface area (TPSA) is 54.3 Å². The number of carbonyl (C=O) groups is 2. The van der Waals surface area contributed by atoms with Crippen LogP contribution in [0.3, 0.4) is 0 Å². The first-order chi connectivity index (χ1) is 14.9. The summed E-state index contributed by atoms with van der Waals surface area (Å²) in [6.45, 7) is 7.33. The zero-order valence-corrected chi connectivity index (χ0v) is 19.1.